The van der Waals surface area contributed by atoms with Crippen molar-refractivity contribution >= 4 is 0 Å². The van der Waals surface area contributed by atoms with Crippen molar-refractivity contribution < 1.29 is 4.74 Å². The van der Waals surface area contributed by atoms with E-state index < -0.39 is 0 Å². The van der Waals surface area contributed by atoms with Gasteiger partial charge in [0, 0.05) is 38.8 Å². The van der Waals surface area contributed by atoms with Gasteiger partial charge < -0.3 is 9.64 Å². The number of rotatable bonds is 2. The van der Waals surface area contributed by atoms with E-state index in [1.54, 1.807) is 0 Å². The molecule has 0 saturated carbocycles. The minimum absolute atomic E-state index is 0.711. The molecule has 82 valence electrons. The summed E-state index contributed by atoms with van der Waals surface area (Å²) in [6, 6.07) is 0.711. The summed E-state index contributed by atoms with van der Waals surface area (Å²) in [6.45, 7) is 10.4. The lowest BCUT2D eigenvalue weighted by atomic mass is 10.1. The van der Waals surface area contributed by atoms with E-state index in [2.05, 4.69) is 16.7 Å². The SMILES string of the molecule is CCN1CCN(C2CCCOC2)CC1. The molecule has 0 spiro atoms. The molecule has 0 radical (unpaired) electrons. The summed E-state index contributed by atoms with van der Waals surface area (Å²) in [6.07, 6.45) is 2.59. The normalized spacial score (nSPS) is 31.9. The Kier molecular flexibility index (Phi) is 3.79. The molecule has 0 N–H and O–H groups in total. The molecular formula is C11H22N2O. The summed E-state index contributed by atoms with van der Waals surface area (Å²) in [4.78, 5) is 5.14. The summed E-state index contributed by atoms with van der Waals surface area (Å²) >= 11 is 0. The molecule has 2 heterocycles. The first-order valence-corrected chi connectivity index (χ1v) is 5.94. The fraction of sp³-hybridized carbons (Fsp3) is 1.00. The average Bonchev–Trinajstić information content (AvgIpc) is 2.30. The largest absolute Gasteiger partial charge is 0.380 e. The molecule has 0 amide bonds. The van der Waals surface area contributed by atoms with Crippen LogP contribution in [0, 0.1) is 0 Å². The minimum atomic E-state index is 0.711. The highest BCUT2D eigenvalue weighted by Crippen LogP contribution is 2.15. The van der Waals surface area contributed by atoms with Gasteiger partial charge in [0.05, 0.1) is 6.61 Å². The molecule has 1 atom stereocenters. The summed E-state index contributed by atoms with van der Waals surface area (Å²) in [7, 11) is 0. The van der Waals surface area contributed by atoms with Gasteiger partial charge in [-0.25, -0.2) is 0 Å². The molecule has 2 aliphatic heterocycles. The number of likely N-dealkylation sites (N-methyl/N-ethyl adjacent to an activating group) is 1. The van der Waals surface area contributed by atoms with E-state index >= 15 is 0 Å². The lowest BCUT2D eigenvalue weighted by Gasteiger charge is -2.40. The number of piperazine rings is 1. The van der Waals surface area contributed by atoms with E-state index in [1.165, 1.54) is 45.6 Å². The summed E-state index contributed by atoms with van der Waals surface area (Å²) in [5.74, 6) is 0. The molecule has 3 heteroatoms. The summed E-state index contributed by atoms with van der Waals surface area (Å²) in [5.41, 5.74) is 0. The zero-order valence-corrected chi connectivity index (χ0v) is 9.24. The Bertz CT molecular complexity index is 161. The Hall–Kier alpha value is -0.120. The lowest BCUT2D eigenvalue weighted by Crippen LogP contribution is -2.52. The molecule has 2 aliphatic rings. The first-order valence-electron chi connectivity index (χ1n) is 5.94. The molecule has 0 bridgehead atoms. The van der Waals surface area contributed by atoms with Crippen LogP contribution in [-0.2, 0) is 4.74 Å². The van der Waals surface area contributed by atoms with Crippen molar-refractivity contribution in [2.24, 2.45) is 0 Å². The van der Waals surface area contributed by atoms with Crippen molar-refractivity contribution in [1.29, 1.82) is 0 Å². The van der Waals surface area contributed by atoms with Crippen molar-refractivity contribution in [1.82, 2.24) is 9.80 Å². The van der Waals surface area contributed by atoms with Crippen LogP contribution < -0.4 is 0 Å². The Morgan fingerprint density at radius 1 is 1.21 bits per heavy atom. The predicted octanol–water partition coefficient (Wildman–Crippen LogP) is 0.803. The zero-order chi connectivity index (χ0) is 9.80. The van der Waals surface area contributed by atoms with E-state index in [9.17, 15) is 0 Å². The van der Waals surface area contributed by atoms with Crippen molar-refractivity contribution in [3.63, 3.8) is 0 Å². The third-order valence-electron chi connectivity index (χ3n) is 3.51. The molecule has 14 heavy (non-hydrogen) atoms. The van der Waals surface area contributed by atoms with Crippen LogP contribution in [0.5, 0.6) is 0 Å². The van der Waals surface area contributed by atoms with Crippen LogP contribution in [-0.4, -0.2) is 61.8 Å². The Labute approximate surface area is 87.0 Å². The number of ether oxygens (including phenoxy) is 1. The highest BCUT2D eigenvalue weighted by molar-refractivity contribution is 4.79. The standard InChI is InChI=1S/C11H22N2O/c1-2-12-5-7-13(8-6-12)11-4-3-9-14-10-11/h11H,2-10H2,1H3. The van der Waals surface area contributed by atoms with Crippen LogP contribution in [0.4, 0.5) is 0 Å². The van der Waals surface area contributed by atoms with E-state index in [1.807, 2.05) is 0 Å². The van der Waals surface area contributed by atoms with Gasteiger partial charge in [-0.05, 0) is 19.4 Å². The molecule has 0 aromatic carbocycles. The molecule has 0 aromatic rings. The Morgan fingerprint density at radius 2 is 2.00 bits per heavy atom. The number of hydrogen-bond acceptors (Lipinski definition) is 3. The Balaban J connectivity index is 1.76. The molecule has 3 nitrogen and oxygen atoms in total. The van der Waals surface area contributed by atoms with Crippen LogP contribution in [0.15, 0.2) is 0 Å². The second-order valence-corrected chi connectivity index (χ2v) is 4.34. The molecule has 2 saturated heterocycles. The van der Waals surface area contributed by atoms with E-state index in [4.69, 9.17) is 4.74 Å². The van der Waals surface area contributed by atoms with Crippen LogP contribution in [0.3, 0.4) is 0 Å². The van der Waals surface area contributed by atoms with Gasteiger partial charge in [-0.3, -0.25) is 4.90 Å². The van der Waals surface area contributed by atoms with E-state index in [-0.39, 0.29) is 0 Å². The fourth-order valence-corrected chi connectivity index (χ4v) is 2.46. The van der Waals surface area contributed by atoms with E-state index in [0.29, 0.717) is 6.04 Å². The van der Waals surface area contributed by atoms with Crippen LogP contribution >= 0.6 is 0 Å². The minimum Gasteiger partial charge on any atom is -0.380 e. The van der Waals surface area contributed by atoms with Crippen LogP contribution in [0.2, 0.25) is 0 Å². The molecule has 0 aliphatic carbocycles. The first kappa shape index (κ1) is 10.4. The monoisotopic (exact) mass is 198 g/mol. The van der Waals surface area contributed by atoms with Crippen molar-refractivity contribution in [2.75, 3.05) is 45.9 Å². The maximum absolute atomic E-state index is 5.53. The van der Waals surface area contributed by atoms with Gasteiger partial charge in [0.1, 0.15) is 0 Å². The molecule has 1 unspecified atom stereocenters. The summed E-state index contributed by atoms with van der Waals surface area (Å²) < 4.78 is 5.53. The van der Waals surface area contributed by atoms with Crippen molar-refractivity contribution in [3.05, 3.63) is 0 Å². The first-order chi connectivity index (χ1) is 6.90. The highest BCUT2D eigenvalue weighted by Gasteiger charge is 2.24. The second-order valence-electron chi connectivity index (χ2n) is 4.34. The molecular weight excluding hydrogens is 176 g/mol. The third kappa shape index (κ3) is 2.47. The number of hydrogen-bond donors (Lipinski definition) is 0. The third-order valence-corrected chi connectivity index (χ3v) is 3.51. The molecule has 2 rings (SSSR count). The van der Waals surface area contributed by atoms with Gasteiger partial charge in [0.2, 0.25) is 0 Å². The lowest BCUT2D eigenvalue weighted by molar-refractivity contribution is -0.000873. The zero-order valence-electron chi connectivity index (χ0n) is 9.24. The number of nitrogens with zero attached hydrogens (tertiary/aromatic N) is 2. The van der Waals surface area contributed by atoms with Gasteiger partial charge in [0.25, 0.3) is 0 Å². The fourth-order valence-electron chi connectivity index (χ4n) is 2.46. The van der Waals surface area contributed by atoms with Gasteiger partial charge in [-0.1, -0.05) is 6.92 Å². The second kappa shape index (κ2) is 5.10. The summed E-state index contributed by atoms with van der Waals surface area (Å²) in [5, 5.41) is 0. The Morgan fingerprint density at radius 3 is 2.57 bits per heavy atom. The topological polar surface area (TPSA) is 15.7 Å². The van der Waals surface area contributed by atoms with Crippen LogP contribution in [0.1, 0.15) is 19.8 Å². The van der Waals surface area contributed by atoms with E-state index in [0.717, 1.165) is 13.2 Å². The van der Waals surface area contributed by atoms with Gasteiger partial charge >= 0.3 is 0 Å². The van der Waals surface area contributed by atoms with Crippen LogP contribution in [0.25, 0.3) is 0 Å². The predicted molar refractivity (Wildman–Crippen MR) is 57.5 cm³/mol. The molecule has 0 aromatic heterocycles. The average molecular weight is 198 g/mol. The van der Waals surface area contributed by atoms with Gasteiger partial charge in [-0.2, -0.15) is 0 Å². The maximum Gasteiger partial charge on any atom is 0.0621 e. The smallest absolute Gasteiger partial charge is 0.0621 e. The maximum atomic E-state index is 5.53. The quantitative estimate of drug-likeness (QED) is 0.653. The van der Waals surface area contributed by atoms with Crippen molar-refractivity contribution in [3.8, 4) is 0 Å². The van der Waals surface area contributed by atoms with Gasteiger partial charge in [-0.15, -0.1) is 0 Å². The highest BCUT2D eigenvalue weighted by atomic mass is 16.5. The van der Waals surface area contributed by atoms with Gasteiger partial charge in [0.15, 0.2) is 0 Å². The molecule has 2 fully saturated rings. The van der Waals surface area contributed by atoms with Crippen molar-refractivity contribution in [2.45, 2.75) is 25.8 Å².